The van der Waals surface area contributed by atoms with Crippen LogP contribution in [0.2, 0.25) is 0 Å². The maximum atomic E-state index is 11.3. The van der Waals surface area contributed by atoms with E-state index in [0.717, 1.165) is 25.9 Å². The molecule has 2 rings (SSSR count). The van der Waals surface area contributed by atoms with E-state index < -0.39 is 0 Å². The van der Waals surface area contributed by atoms with Crippen molar-refractivity contribution in [3.05, 3.63) is 16.4 Å². The maximum absolute atomic E-state index is 11.3. The van der Waals surface area contributed by atoms with Gasteiger partial charge in [0.05, 0.1) is 4.92 Å². The topological polar surface area (TPSA) is 75.4 Å². The van der Waals surface area contributed by atoms with Gasteiger partial charge in [-0.15, -0.1) is 0 Å². The summed E-state index contributed by atoms with van der Waals surface area (Å²) in [6.45, 7) is 3.83. The Morgan fingerprint density at radius 3 is 2.53 bits per heavy atom. The third-order valence-corrected chi connectivity index (χ3v) is 3.47. The lowest BCUT2D eigenvalue weighted by Crippen LogP contribution is -2.34. The third kappa shape index (κ3) is 2.74. The van der Waals surface area contributed by atoms with Crippen LogP contribution < -0.4 is 9.80 Å². The predicted octanol–water partition coefficient (Wildman–Crippen LogP) is 1.69. The molecule has 1 aromatic heterocycles. The molecule has 0 atom stereocenters. The molecule has 7 heteroatoms. The van der Waals surface area contributed by atoms with E-state index in [9.17, 15) is 10.1 Å². The number of hydrogen-bond acceptors (Lipinski definition) is 6. The van der Waals surface area contributed by atoms with Crippen molar-refractivity contribution in [2.45, 2.75) is 19.8 Å². The zero-order chi connectivity index (χ0) is 14.0. The van der Waals surface area contributed by atoms with Crippen LogP contribution in [0.3, 0.4) is 0 Å². The van der Waals surface area contributed by atoms with Crippen LogP contribution in [0.4, 0.5) is 17.3 Å². The second-order valence-electron chi connectivity index (χ2n) is 5.19. The van der Waals surface area contributed by atoms with E-state index in [0.29, 0.717) is 17.6 Å². The fraction of sp³-hybridized carbons (Fsp3) is 0.667. The number of aromatic nitrogens is 2. The van der Waals surface area contributed by atoms with Gasteiger partial charge in [0.2, 0.25) is 11.6 Å². The van der Waals surface area contributed by atoms with Crippen molar-refractivity contribution in [2.24, 2.45) is 5.92 Å². The minimum atomic E-state index is -0.386. The number of hydrogen-bond donors (Lipinski definition) is 0. The molecule has 0 bridgehead atoms. The Bertz CT molecular complexity index is 469. The first-order valence-electron chi connectivity index (χ1n) is 6.42. The highest BCUT2D eigenvalue weighted by molar-refractivity contribution is 5.70. The lowest BCUT2D eigenvalue weighted by Gasteiger charge is -2.31. The minimum Gasteiger partial charge on any atom is -0.357 e. The molecular weight excluding hydrogens is 246 g/mol. The number of nitrogens with zero attached hydrogens (tertiary/aromatic N) is 5. The summed E-state index contributed by atoms with van der Waals surface area (Å²) in [4.78, 5) is 22.7. The molecule has 7 nitrogen and oxygen atoms in total. The van der Waals surface area contributed by atoms with Gasteiger partial charge >= 0.3 is 5.69 Å². The second-order valence-corrected chi connectivity index (χ2v) is 5.19. The van der Waals surface area contributed by atoms with Crippen LogP contribution >= 0.6 is 0 Å². The Kier molecular flexibility index (Phi) is 3.82. The monoisotopic (exact) mass is 265 g/mol. The first-order chi connectivity index (χ1) is 9.00. The normalized spacial score (nSPS) is 16.5. The highest BCUT2D eigenvalue weighted by atomic mass is 16.6. The second kappa shape index (κ2) is 5.38. The van der Waals surface area contributed by atoms with Crippen LogP contribution in [0.25, 0.3) is 0 Å². The number of anilines is 2. The largest absolute Gasteiger partial charge is 0.357 e. The van der Waals surface area contributed by atoms with Gasteiger partial charge in [-0.05, 0) is 18.8 Å². The molecule has 0 saturated carbocycles. The van der Waals surface area contributed by atoms with E-state index in [1.54, 1.807) is 19.0 Å². The fourth-order valence-corrected chi connectivity index (χ4v) is 2.30. The van der Waals surface area contributed by atoms with Gasteiger partial charge in [0.1, 0.15) is 6.33 Å². The van der Waals surface area contributed by atoms with Crippen LogP contribution in [0.15, 0.2) is 6.33 Å². The van der Waals surface area contributed by atoms with Gasteiger partial charge in [-0.2, -0.15) is 0 Å². The van der Waals surface area contributed by atoms with Gasteiger partial charge < -0.3 is 9.80 Å². The standard InChI is InChI=1S/C12H19N5O2/c1-9-4-6-16(7-5-9)12-10(17(18)19)11(15(2)3)13-8-14-12/h8-9H,4-7H2,1-3H3. The molecule has 1 fully saturated rings. The Morgan fingerprint density at radius 1 is 1.37 bits per heavy atom. The molecule has 0 aromatic carbocycles. The SMILES string of the molecule is CC1CCN(c2ncnc(N(C)C)c2[N+](=O)[O-])CC1. The van der Waals surface area contributed by atoms with Crippen LogP contribution in [0, 0.1) is 16.0 Å². The third-order valence-electron chi connectivity index (χ3n) is 3.47. The summed E-state index contributed by atoms with van der Waals surface area (Å²) in [7, 11) is 3.49. The highest BCUT2D eigenvalue weighted by Crippen LogP contribution is 2.34. The lowest BCUT2D eigenvalue weighted by molar-refractivity contribution is -0.383. The Balaban J connectivity index is 2.39. The van der Waals surface area contributed by atoms with E-state index >= 15 is 0 Å². The molecule has 1 aromatic rings. The van der Waals surface area contributed by atoms with Crippen molar-refractivity contribution >= 4 is 17.3 Å². The van der Waals surface area contributed by atoms with Crippen molar-refractivity contribution in [1.82, 2.24) is 9.97 Å². The molecule has 1 saturated heterocycles. The molecule has 0 amide bonds. The van der Waals surface area contributed by atoms with Crippen molar-refractivity contribution in [1.29, 1.82) is 0 Å². The number of piperidine rings is 1. The summed E-state index contributed by atoms with van der Waals surface area (Å²) in [5, 5.41) is 11.3. The Labute approximate surface area is 112 Å². The van der Waals surface area contributed by atoms with Gasteiger partial charge in [0.15, 0.2) is 0 Å². The van der Waals surface area contributed by atoms with E-state index in [1.807, 2.05) is 4.90 Å². The maximum Gasteiger partial charge on any atom is 0.353 e. The average molecular weight is 265 g/mol. The number of rotatable bonds is 3. The van der Waals surface area contributed by atoms with Crippen LogP contribution in [0.1, 0.15) is 19.8 Å². The first kappa shape index (κ1) is 13.5. The van der Waals surface area contributed by atoms with Crippen LogP contribution in [0.5, 0.6) is 0 Å². The summed E-state index contributed by atoms with van der Waals surface area (Å²) in [6, 6.07) is 0. The van der Waals surface area contributed by atoms with Crippen molar-refractivity contribution in [3.8, 4) is 0 Å². The Morgan fingerprint density at radius 2 is 2.00 bits per heavy atom. The first-order valence-corrected chi connectivity index (χ1v) is 6.42. The molecule has 0 N–H and O–H groups in total. The molecular formula is C12H19N5O2. The van der Waals surface area contributed by atoms with Gasteiger partial charge in [-0.3, -0.25) is 10.1 Å². The van der Waals surface area contributed by atoms with Crippen LogP contribution in [-0.2, 0) is 0 Å². The van der Waals surface area contributed by atoms with Crippen molar-refractivity contribution in [3.63, 3.8) is 0 Å². The molecule has 1 aliphatic rings. The molecule has 0 spiro atoms. The molecule has 2 heterocycles. The predicted molar refractivity (Wildman–Crippen MR) is 73.6 cm³/mol. The summed E-state index contributed by atoms with van der Waals surface area (Å²) < 4.78 is 0. The average Bonchev–Trinajstić information content (AvgIpc) is 2.38. The number of nitro groups is 1. The Hall–Kier alpha value is -1.92. The van der Waals surface area contributed by atoms with E-state index in [-0.39, 0.29) is 10.6 Å². The van der Waals surface area contributed by atoms with Gasteiger partial charge in [-0.1, -0.05) is 6.92 Å². The minimum absolute atomic E-state index is 0.00190. The van der Waals surface area contributed by atoms with E-state index in [4.69, 9.17) is 0 Å². The van der Waals surface area contributed by atoms with Gasteiger partial charge in [0, 0.05) is 27.2 Å². The summed E-state index contributed by atoms with van der Waals surface area (Å²) in [5.74, 6) is 1.47. The highest BCUT2D eigenvalue weighted by Gasteiger charge is 2.29. The van der Waals surface area contributed by atoms with Crippen molar-refractivity contribution < 1.29 is 4.92 Å². The molecule has 104 valence electrons. The quantitative estimate of drug-likeness (QED) is 0.611. The summed E-state index contributed by atoms with van der Waals surface area (Å²) in [5.41, 5.74) is 0.00190. The summed E-state index contributed by atoms with van der Waals surface area (Å²) >= 11 is 0. The molecule has 0 radical (unpaired) electrons. The van der Waals surface area contributed by atoms with Gasteiger partial charge in [0.25, 0.3) is 0 Å². The molecule has 1 aliphatic heterocycles. The lowest BCUT2D eigenvalue weighted by atomic mass is 9.99. The summed E-state index contributed by atoms with van der Waals surface area (Å²) in [6.07, 6.45) is 3.48. The zero-order valence-electron chi connectivity index (χ0n) is 11.5. The molecule has 0 unspecified atom stereocenters. The van der Waals surface area contributed by atoms with Crippen molar-refractivity contribution in [2.75, 3.05) is 37.0 Å². The van der Waals surface area contributed by atoms with E-state index in [2.05, 4.69) is 16.9 Å². The van der Waals surface area contributed by atoms with Crippen LogP contribution in [-0.4, -0.2) is 42.1 Å². The zero-order valence-corrected chi connectivity index (χ0v) is 11.5. The van der Waals surface area contributed by atoms with Gasteiger partial charge in [-0.25, -0.2) is 9.97 Å². The smallest absolute Gasteiger partial charge is 0.353 e. The fourth-order valence-electron chi connectivity index (χ4n) is 2.30. The molecule has 0 aliphatic carbocycles. The molecule has 19 heavy (non-hydrogen) atoms. The van der Waals surface area contributed by atoms with E-state index in [1.165, 1.54) is 6.33 Å².